The lowest BCUT2D eigenvalue weighted by molar-refractivity contribution is 0.155. The summed E-state index contributed by atoms with van der Waals surface area (Å²) in [5.41, 5.74) is 0.616. The summed E-state index contributed by atoms with van der Waals surface area (Å²) in [5, 5.41) is 6.23. The van der Waals surface area contributed by atoms with Gasteiger partial charge in [0.25, 0.3) is 0 Å². The van der Waals surface area contributed by atoms with Crippen molar-refractivity contribution in [3.05, 3.63) is 35.4 Å². The summed E-state index contributed by atoms with van der Waals surface area (Å²) < 4.78 is 31.3. The lowest BCUT2D eigenvalue weighted by Crippen LogP contribution is -2.38. The van der Waals surface area contributed by atoms with E-state index in [1.807, 2.05) is 13.8 Å². The highest BCUT2D eigenvalue weighted by molar-refractivity contribution is 14.0. The van der Waals surface area contributed by atoms with E-state index in [4.69, 9.17) is 4.74 Å². The molecule has 0 aromatic heterocycles. The van der Waals surface area contributed by atoms with Gasteiger partial charge in [0, 0.05) is 25.8 Å². The molecular weight excluding hydrogens is 403 g/mol. The van der Waals surface area contributed by atoms with Gasteiger partial charge in [-0.3, -0.25) is 4.99 Å². The monoisotopic (exact) mass is 427 g/mol. The third-order valence-electron chi connectivity index (χ3n) is 2.68. The van der Waals surface area contributed by atoms with Gasteiger partial charge in [-0.05, 0) is 38.0 Å². The van der Waals surface area contributed by atoms with E-state index in [-0.39, 0.29) is 24.0 Å². The predicted octanol–water partition coefficient (Wildman–Crippen LogP) is 2.72. The number of nitrogens with one attached hydrogen (secondary N) is 2. The van der Waals surface area contributed by atoms with Crippen molar-refractivity contribution in [3.63, 3.8) is 0 Å². The fraction of sp³-hybridized carbons (Fsp3) is 0.533. The van der Waals surface area contributed by atoms with E-state index in [1.54, 1.807) is 0 Å². The number of aliphatic imine (C=N–C) groups is 1. The van der Waals surface area contributed by atoms with Crippen LogP contribution in [0.3, 0.4) is 0 Å². The minimum absolute atomic E-state index is 0. The topological polar surface area (TPSA) is 45.7 Å². The third-order valence-corrected chi connectivity index (χ3v) is 2.68. The fourth-order valence-corrected chi connectivity index (χ4v) is 1.79. The molecule has 1 aromatic carbocycles. The van der Waals surface area contributed by atoms with E-state index < -0.39 is 11.6 Å². The van der Waals surface area contributed by atoms with Crippen LogP contribution in [0.15, 0.2) is 23.2 Å². The zero-order valence-electron chi connectivity index (χ0n) is 13.0. The highest BCUT2D eigenvalue weighted by Crippen LogP contribution is 2.07. The van der Waals surface area contributed by atoms with Crippen molar-refractivity contribution in [1.82, 2.24) is 10.6 Å². The normalized spacial score (nSPS) is 11.0. The molecule has 2 N–H and O–H groups in total. The van der Waals surface area contributed by atoms with Crippen LogP contribution in [0.1, 0.15) is 19.4 Å². The van der Waals surface area contributed by atoms with Crippen LogP contribution >= 0.6 is 24.0 Å². The number of hydrogen-bond acceptors (Lipinski definition) is 2. The van der Waals surface area contributed by atoms with Crippen molar-refractivity contribution in [3.8, 4) is 0 Å². The molecule has 0 heterocycles. The van der Waals surface area contributed by atoms with E-state index in [0.717, 1.165) is 12.6 Å². The Morgan fingerprint density at radius 1 is 1.14 bits per heavy atom. The number of hydrogen-bond donors (Lipinski definition) is 2. The molecule has 1 aromatic rings. The quantitative estimate of drug-likeness (QED) is 0.290. The Bertz CT molecular complexity index is 438. The first-order chi connectivity index (χ1) is 10.2. The van der Waals surface area contributed by atoms with Gasteiger partial charge in [-0.2, -0.15) is 0 Å². The molecule has 0 aliphatic rings. The van der Waals surface area contributed by atoms with E-state index in [9.17, 15) is 8.78 Å². The van der Waals surface area contributed by atoms with Gasteiger partial charge in [0.05, 0.1) is 13.2 Å². The Morgan fingerprint density at radius 3 is 2.41 bits per heavy atom. The highest BCUT2D eigenvalue weighted by Gasteiger charge is 2.02. The lowest BCUT2D eigenvalue weighted by Gasteiger charge is -2.11. The summed E-state index contributed by atoms with van der Waals surface area (Å²) in [5.74, 6) is -0.432. The van der Waals surface area contributed by atoms with Crippen molar-refractivity contribution in [2.45, 2.75) is 20.3 Å². The molecule has 0 unspecified atom stereocenters. The zero-order chi connectivity index (χ0) is 15.5. The van der Waals surface area contributed by atoms with Crippen molar-refractivity contribution in [2.75, 3.05) is 32.8 Å². The number of guanidine groups is 1. The number of ether oxygens (including phenoxy) is 1. The second kappa shape index (κ2) is 12.6. The Kier molecular flexibility index (Phi) is 12.0. The van der Waals surface area contributed by atoms with Crippen LogP contribution in [0.25, 0.3) is 0 Å². The molecule has 0 saturated heterocycles. The van der Waals surface area contributed by atoms with Gasteiger partial charge in [0.1, 0.15) is 11.6 Å². The van der Waals surface area contributed by atoms with Crippen LogP contribution in [0, 0.1) is 11.6 Å². The van der Waals surface area contributed by atoms with Crippen LogP contribution in [0.2, 0.25) is 0 Å². The Balaban J connectivity index is 0.00000441. The first kappa shape index (κ1) is 21.0. The molecule has 0 amide bonds. The Labute approximate surface area is 147 Å². The Morgan fingerprint density at radius 2 is 1.82 bits per heavy atom. The lowest BCUT2D eigenvalue weighted by atomic mass is 10.1. The maximum atomic E-state index is 13.1. The largest absolute Gasteiger partial charge is 0.380 e. The summed E-state index contributed by atoms with van der Waals surface area (Å²) in [6.07, 6.45) is 0.518. The summed E-state index contributed by atoms with van der Waals surface area (Å²) >= 11 is 0. The van der Waals surface area contributed by atoms with Gasteiger partial charge in [-0.15, -0.1) is 24.0 Å². The number of benzene rings is 1. The van der Waals surface area contributed by atoms with E-state index >= 15 is 0 Å². The maximum absolute atomic E-state index is 13.1. The molecule has 0 aliphatic heterocycles. The van der Waals surface area contributed by atoms with Gasteiger partial charge < -0.3 is 15.4 Å². The first-order valence-corrected chi connectivity index (χ1v) is 7.20. The molecular formula is C15H24F2IN3O. The highest BCUT2D eigenvalue weighted by atomic mass is 127. The minimum atomic E-state index is -0.553. The van der Waals surface area contributed by atoms with E-state index in [0.29, 0.717) is 44.2 Å². The molecule has 0 aliphatic carbocycles. The molecule has 1 rings (SSSR count). The van der Waals surface area contributed by atoms with Crippen LogP contribution < -0.4 is 10.6 Å². The second-order valence-corrected chi connectivity index (χ2v) is 4.41. The average Bonchev–Trinajstić information content (AvgIpc) is 2.42. The summed E-state index contributed by atoms with van der Waals surface area (Å²) in [6.45, 7) is 7.01. The first-order valence-electron chi connectivity index (χ1n) is 7.20. The average molecular weight is 427 g/mol. The smallest absolute Gasteiger partial charge is 0.191 e. The number of rotatable bonds is 8. The second-order valence-electron chi connectivity index (χ2n) is 4.41. The molecule has 7 heteroatoms. The summed E-state index contributed by atoms with van der Waals surface area (Å²) in [6, 6.07) is 3.55. The molecule has 0 fully saturated rings. The van der Waals surface area contributed by atoms with Gasteiger partial charge in [0.15, 0.2) is 5.96 Å². The molecule has 0 spiro atoms. The molecule has 0 atom stereocenters. The van der Waals surface area contributed by atoms with Gasteiger partial charge in [-0.1, -0.05) is 0 Å². The minimum Gasteiger partial charge on any atom is -0.380 e. The predicted molar refractivity (Wildman–Crippen MR) is 96.0 cm³/mol. The number of nitrogens with zero attached hydrogens (tertiary/aromatic N) is 1. The van der Waals surface area contributed by atoms with Crippen molar-refractivity contribution in [2.24, 2.45) is 4.99 Å². The molecule has 0 radical (unpaired) electrons. The van der Waals surface area contributed by atoms with Crippen LogP contribution in [-0.2, 0) is 11.2 Å². The molecule has 126 valence electrons. The molecule has 4 nitrogen and oxygen atoms in total. The number of halogens is 3. The van der Waals surface area contributed by atoms with Crippen molar-refractivity contribution in [1.29, 1.82) is 0 Å². The van der Waals surface area contributed by atoms with Crippen molar-refractivity contribution < 1.29 is 13.5 Å². The molecule has 22 heavy (non-hydrogen) atoms. The van der Waals surface area contributed by atoms with Crippen molar-refractivity contribution >= 4 is 29.9 Å². The fourth-order valence-electron chi connectivity index (χ4n) is 1.79. The van der Waals surface area contributed by atoms with E-state index in [2.05, 4.69) is 15.6 Å². The molecule has 0 bridgehead atoms. The molecule has 0 saturated carbocycles. The van der Waals surface area contributed by atoms with E-state index in [1.165, 1.54) is 12.1 Å². The summed E-state index contributed by atoms with van der Waals surface area (Å²) in [4.78, 5) is 4.34. The SMILES string of the molecule is CCNC(=NCCOCC)NCCc1cc(F)cc(F)c1.I. The van der Waals surface area contributed by atoms with Crippen LogP contribution in [0.5, 0.6) is 0 Å². The Hall–Kier alpha value is -0.960. The summed E-state index contributed by atoms with van der Waals surface area (Å²) in [7, 11) is 0. The van der Waals surface area contributed by atoms with Gasteiger partial charge >= 0.3 is 0 Å². The standard InChI is InChI=1S/C15H23F2N3O.HI/c1-3-18-15(20-7-8-21-4-2)19-6-5-12-9-13(16)11-14(17)10-12;/h9-11H,3-8H2,1-2H3,(H2,18,19,20);1H. The van der Waals surface area contributed by atoms with Gasteiger partial charge in [-0.25, -0.2) is 8.78 Å². The van der Waals surface area contributed by atoms with Crippen LogP contribution in [-0.4, -0.2) is 38.8 Å². The maximum Gasteiger partial charge on any atom is 0.191 e. The van der Waals surface area contributed by atoms with Gasteiger partial charge in [0.2, 0.25) is 0 Å². The third kappa shape index (κ3) is 9.14. The van der Waals surface area contributed by atoms with Crippen LogP contribution in [0.4, 0.5) is 8.78 Å². The zero-order valence-corrected chi connectivity index (χ0v) is 15.3.